The summed E-state index contributed by atoms with van der Waals surface area (Å²) in [4.78, 5) is 42.4. The van der Waals surface area contributed by atoms with Crippen molar-refractivity contribution >= 4 is 39.9 Å². The molecule has 11 nitrogen and oxygen atoms in total. The van der Waals surface area contributed by atoms with Gasteiger partial charge in [0.05, 0.1) is 18.3 Å². The number of anilines is 3. The van der Waals surface area contributed by atoms with E-state index in [2.05, 4.69) is 47.7 Å². The standard InChI is InChI=1S/C32H38N8O3/c1-22-17-24(8-11-29(22)43-26-9-6-23(2)34-19-26)38-32-27-18-25(7-10-28(27)35-21-36-32)37-30(41)5-4-12-33-31(42)20-40-15-13-39(3)14-16-40/h6-11,17-19,21H,4-5,12-16,20H2,1-3H3,(H,33,42)(H,37,41)(H,35,36,38). The van der Waals surface area contributed by atoms with Crippen LogP contribution in [0.25, 0.3) is 10.9 Å². The van der Waals surface area contributed by atoms with Crippen molar-refractivity contribution in [1.29, 1.82) is 0 Å². The Morgan fingerprint density at radius 1 is 0.907 bits per heavy atom. The summed E-state index contributed by atoms with van der Waals surface area (Å²) in [6.45, 7) is 8.52. The van der Waals surface area contributed by atoms with E-state index in [1.807, 2.05) is 62.4 Å². The van der Waals surface area contributed by atoms with Crippen LogP contribution in [0.4, 0.5) is 17.2 Å². The van der Waals surface area contributed by atoms with E-state index in [0.29, 0.717) is 43.2 Å². The smallest absolute Gasteiger partial charge is 0.234 e. The Hall–Kier alpha value is -4.61. The Kier molecular flexibility index (Phi) is 9.75. The molecule has 2 amide bonds. The fraction of sp³-hybridized carbons (Fsp3) is 0.344. The topological polar surface area (TPSA) is 125 Å². The number of likely N-dealkylation sites (N-methyl/N-ethyl adjacent to an activating group) is 1. The molecule has 11 heteroatoms. The zero-order chi connectivity index (χ0) is 30.2. The van der Waals surface area contributed by atoms with Crippen molar-refractivity contribution in [3.8, 4) is 11.5 Å². The summed E-state index contributed by atoms with van der Waals surface area (Å²) in [5.74, 6) is 1.93. The normalized spacial score (nSPS) is 13.9. The highest BCUT2D eigenvalue weighted by atomic mass is 16.5. The van der Waals surface area contributed by atoms with E-state index < -0.39 is 0 Å². The maximum absolute atomic E-state index is 12.6. The molecule has 0 bridgehead atoms. The molecule has 1 aliphatic rings. The molecule has 2 aromatic carbocycles. The highest BCUT2D eigenvalue weighted by Gasteiger charge is 2.16. The molecule has 0 atom stereocenters. The number of nitrogens with zero attached hydrogens (tertiary/aromatic N) is 5. The third-order valence-electron chi connectivity index (χ3n) is 7.33. The van der Waals surface area contributed by atoms with Crippen LogP contribution in [0.5, 0.6) is 11.5 Å². The number of rotatable bonds is 11. The Balaban J connectivity index is 1.14. The van der Waals surface area contributed by atoms with Crippen LogP contribution in [0.3, 0.4) is 0 Å². The Labute approximate surface area is 251 Å². The van der Waals surface area contributed by atoms with Crippen LogP contribution in [-0.4, -0.2) is 82.9 Å². The van der Waals surface area contributed by atoms with Crippen LogP contribution in [0, 0.1) is 13.8 Å². The number of aryl methyl sites for hydroxylation is 2. The number of fused-ring (bicyclic) bond motifs is 1. The van der Waals surface area contributed by atoms with E-state index in [9.17, 15) is 9.59 Å². The van der Waals surface area contributed by atoms with Crippen molar-refractivity contribution in [3.63, 3.8) is 0 Å². The van der Waals surface area contributed by atoms with E-state index in [1.165, 1.54) is 6.33 Å². The predicted octanol–water partition coefficient (Wildman–Crippen LogP) is 4.26. The van der Waals surface area contributed by atoms with E-state index in [1.54, 1.807) is 6.20 Å². The van der Waals surface area contributed by atoms with Crippen LogP contribution in [0.2, 0.25) is 0 Å². The molecule has 2 aromatic heterocycles. The maximum Gasteiger partial charge on any atom is 0.234 e. The fourth-order valence-corrected chi connectivity index (χ4v) is 4.82. The first kappa shape index (κ1) is 29.9. The van der Waals surface area contributed by atoms with Crippen LogP contribution in [0.15, 0.2) is 61.1 Å². The van der Waals surface area contributed by atoms with Gasteiger partial charge in [0.25, 0.3) is 0 Å². The van der Waals surface area contributed by atoms with Gasteiger partial charge in [-0.3, -0.25) is 19.5 Å². The second-order valence-electron chi connectivity index (χ2n) is 10.9. The van der Waals surface area contributed by atoms with E-state index >= 15 is 0 Å². The summed E-state index contributed by atoms with van der Waals surface area (Å²) in [5.41, 5.74) is 4.13. The van der Waals surface area contributed by atoms with Crippen LogP contribution < -0.4 is 20.7 Å². The minimum atomic E-state index is -0.117. The van der Waals surface area contributed by atoms with E-state index in [0.717, 1.165) is 59.8 Å². The van der Waals surface area contributed by atoms with Gasteiger partial charge in [-0.05, 0) is 81.4 Å². The second-order valence-corrected chi connectivity index (χ2v) is 10.9. The van der Waals surface area contributed by atoms with Gasteiger partial charge >= 0.3 is 0 Å². The zero-order valence-corrected chi connectivity index (χ0v) is 24.9. The van der Waals surface area contributed by atoms with Gasteiger partial charge in [0.1, 0.15) is 23.6 Å². The van der Waals surface area contributed by atoms with Gasteiger partial charge in [-0.2, -0.15) is 0 Å². The summed E-state index contributed by atoms with van der Waals surface area (Å²) < 4.78 is 5.99. The van der Waals surface area contributed by atoms with Gasteiger partial charge in [-0.1, -0.05) is 0 Å². The highest BCUT2D eigenvalue weighted by molar-refractivity contribution is 5.97. The fourth-order valence-electron chi connectivity index (χ4n) is 4.82. The second kappa shape index (κ2) is 14.0. The number of amides is 2. The number of nitrogens with one attached hydrogen (secondary N) is 3. The molecule has 0 radical (unpaired) electrons. The average Bonchev–Trinajstić information content (AvgIpc) is 2.99. The largest absolute Gasteiger partial charge is 0.455 e. The number of hydrogen-bond acceptors (Lipinski definition) is 9. The molecule has 0 aliphatic carbocycles. The lowest BCUT2D eigenvalue weighted by Gasteiger charge is -2.31. The molecule has 0 saturated carbocycles. The summed E-state index contributed by atoms with van der Waals surface area (Å²) in [5, 5.41) is 10.0. The molecule has 224 valence electrons. The van der Waals surface area contributed by atoms with Crippen molar-refractivity contribution in [1.82, 2.24) is 30.1 Å². The van der Waals surface area contributed by atoms with Crippen molar-refractivity contribution in [3.05, 3.63) is 72.3 Å². The molecule has 3 heterocycles. The van der Waals surface area contributed by atoms with E-state index in [-0.39, 0.29) is 11.8 Å². The quantitative estimate of drug-likeness (QED) is 0.223. The summed E-state index contributed by atoms with van der Waals surface area (Å²) in [6.07, 6.45) is 4.08. The first-order valence-electron chi connectivity index (χ1n) is 14.5. The molecule has 1 aliphatic heterocycles. The first-order valence-corrected chi connectivity index (χ1v) is 14.5. The van der Waals surface area contributed by atoms with Crippen LogP contribution in [0.1, 0.15) is 24.1 Å². The monoisotopic (exact) mass is 582 g/mol. The number of pyridine rings is 1. The number of aromatic nitrogens is 3. The summed E-state index contributed by atoms with van der Waals surface area (Å²) >= 11 is 0. The third-order valence-corrected chi connectivity index (χ3v) is 7.33. The van der Waals surface area contributed by atoms with Crippen molar-refractivity contribution in [2.75, 3.05) is 56.9 Å². The number of piperazine rings is 1. The molecule has 0 unspecified atom stereocenters. The molecule has 1 saturated heterocycles. The van der Waals surface area contributed by atoms with Gasteiger partial charge in [0, 0.05) is 61.6 Å². The molecule has 43 heavy (non-hydrogen) atoms. The lowest BCUT2D eigenvalue weighted by atomic mass is 10.1. The molecule has 1 fully saturated rings. The highest BCUT2D eigenvalue weighted by Crippen LogP contribution is 2.30. The lowest BCUT2D eigenvalue weighted by Crippen LogP contribution is -2.48. The van der Waals surface area contributed by atoms with Gasteiger partial charge in [-0.15, -0.1) is 0 Å². The van der Waals surface area contributed by atoms with Gasteiger partial charge in [0.15, 0.2) is 0 Å². The number of benzene rings is 2. The first-order chi connectivity index (χ1) is 20.8. The van der Waals surface area contributed by atoms with E-state index in [4.69, 9.17) is 4.74 Å². The van der Waals surface area contributed by atoms with Gasteiger partial charge in [0.2, 0.25) is 11.8 Å². The molecule has 0 spiro atoms. The van der Waals surface area contributed by atoms with Crippen molar-refractivity contribution in [2.45, 2.75) is 26.7 Å². The number of ether oxygens (including phenoxy) is 1. The number of carbonyl (C=O) groups excluding carboxylic acids is 2. The molecule has 3 N–H and O–H groups in total. The van der Waals surface area contributed by atoms with Crippen LogP contribution in [-0.2, 0) is 9.59 Å². The summed E-state index contributed by atoms with van der Waals surface area (Å²) in [7, 11) is 2.09. The maximum atomic E-state index is 12.6. The van der Waals surface area contributed by atoms with Crippen LogP contribution >= 0.6 is 0 Å². The third kappa shape index (κ3) is 8.46. The molecule has 4 aromatic rings. The average molecular weight is 583 g/mol. The minimum absolute atomic E-state index is 0.000413. The molecule has 5 rings (SSSR count). The van der Waals surface area contributed by atoms with Crippen molar-refractivity contribution in [2.24, 2.45) is 0 Å². The molecular formula is C32H38N8O3. The Morgan fingerprint density at radius 3 is 2.49 bits per heavy atom. The minimum Gasteiger partial charge on any atom is -0.455 e. The zero-order valence-electron chi connectivity index (χ0n) is 24.9. The predicted molar refractivity (Wildman–Crippen MR) is 168 cm³/mol. The van der Waals surface area contributed by atoms with Gasteiger partial charge in [-0.25, -0.2) is 9.97 Å². The van der Waals surface area contributed by atoms with Crippen molar-refractivity contribution < 1.29 is 14.3 Å². The summed E-state index contributed by atoms with van der Waals surface area (Å²) in [6, 6.07) is 15.2. The lowest BCUT2D eigenvalue weighted by molar-refractivity contribution is -0.123. The number of carbonyl (C=O) groups is 2. The molecular weight excluding hydrogens is 544 g/mol. The number of hydrogen-bond donors (Lipinski definition) is 3. The Morgan fingerprint density at radius 2 is 1.72 bits per heavy atom. The van der Waals surface area contributed by atoms with Gasteiger partial charge < -0.3 is 25.6 Å². The SMILES string of the molecule is Cc1ccc(Oc2ccc(Nc3ncnc4ccc(NC(=O)CCCNC(=O)CN5CCN(C)CC5)cc34)cc2C)cn1. The Bertz CT molecular complexity index is 1570.